The van der Waals surface area contributed by atoms with Crippen molar-refractivity contribution < 1.29 is 4.79 Å². The fourth-order valence-corrected chi connectivity index (χ4v) is 1.92. The summed E-state index contributed by atoms with van der Waals surface area (Å²) in [5.74, 6) is 0.749. The predicted molar refractivity (Wildman–Crippen MR) is 60.7 cm³/mol. The molecule has 1 aromatic heterocycles. The molecule has 0 aliphatic rings. The van der Waals surface area contributed by atoms with Gasteiger partial charge in [0, 0.05) is 18.8 Å². The molecule has 1 aromatic rings. The lowest BCUT2D eigenvalue weighted by atomic mass is 10.2. The summed E-state index contributed by atoms with van der Waals surface area (Å²) < 4.78 is 0. The molecule has 0 fully saturated rings. The zero-order valence-electron chi connectivity index (χ0n) is 7.96. The average molecular weight is 232 g/mol. The van der Waals surface area contributed by atoms with Crippen LogP contribution in [0.3, 0.4) is 0 Å². The molecule has 0 aromatic carbocycles. The third-order valence-electron chi connectivity index (χ3n) is 1.86. The van der Waals surface area contributed by atoms with E-state index in [0.717, 1.165) is 12.8 Å². The van der Waals surface area contributed by atoms with E-state index in [9.17, 15) is 4.79 Å². The van der Waals surface area contributed by atoms with Gasteiger partial charge in [0.25, 0.3) is 0 Å². The van der Waals surface area contributed by atoms with Crippen LogP contribution in [0.2, 0.25) is 0 Å². The number of unbranched alkanes of at least 4 members (excludes halogenated alkanes) is 1. The monoisotopic (exact) mass is 231 g/mol. The molecule has 14 heavy (non-hydrogen) atoms. The van der Waals surface area contributed by atoms with Crippen LogP contribution in [0.1, 0.15) is 24.8 Å². The molecule has 0 spiro atoms. The fraction of sp³-hybridized carbons (Fsp3) is 0.500. The molecule has 1 rings (SSSR count). The minimum absolute atomic E-state index is 0.112. The smallest absolute Gasteiger partial charge is 0.220 e. The second kappa shape index (κ2) is 6.85. The number of hydrogen-bond acceptors (Lipinski definition) is 2. The van der Waals surface area contributed by atoms with Crippen LogP contribution in [0, 0.1) is 0 Å². The molecule has 2 nitrogen and oxygen atoms in total. The van der Waals surface area contributed by atoms with Gasteiger partial charge in [-0.3, -0.25) is 4.79 Å². The van der Waals surface area contributed by atoms with Crippen molar-refractivity contribution in [3.63, 3.8) is 0 Å². The molecule has 0 saturated heterocycles. The number of nitrogens with one attached hydrogen (secondary N) is 1. The minimum atomic E-state index is 0.112. The Kier molecular flexibility index (Phi) is 5.64. The van der Waals surface area contributed by atoms with Gasteiger partial charge in [0.2, 0.25) is 5.91 Å². The van der Waals surface area contributed by atoms with Crippen LogP contribution in [-0.4, -0.2) is 11.8 Å². The Balaban J connectivity index is 2.09. The van der Waals surface area contributed by atoms with Gasteiger partial charge in [-0.1, -0.05) is 0 Å². The van der Waals surface area contributed by atoms with E-state index in [4.69, 9.17) is 11.6 Å². The van der Waals surface area contributed by atoms with Crippen LogP contribution in [0.4, 0.5) is 0 Å². The zero-order chi connectivity index (χ0) is 10.2. The molecule has 1 heterocycles. The zero-order valence-corrected chi connectivity index (χ0v) is 9.53. The summed E-state index contributed by atoms with van der Waals surface area (Å²) in [6, 6.07) is 2.02. The molecule has 0 unspecified atom stereocenters. The highest BCUT2D eigenvalue weighted by Gasteiger charge is 2.00. The van der Waals surface area contributed by atoms with Crippen molar-refractivity contribution in [3.8, 4) is 0 Å². The van der Waals surface area contributed by atoms with Crippen molar-refractivity contribution in [1.82, 2.24) is 5.32 Å². The van der Waals surface area contributed by atoms with Crippen molar-refractivity contribution >= 4 is 28.8 Å². The number of thiophene rings is 1. The highest BCUT2D eigenvalue weighted by Crippen LogP contribution is 2.05. The van der Waals surface area contributed by atoms with Gasteiger partial charge in [-0.25, -0.2) is 0 Å². The first kappa shape index (κ1) is 11.5. The summed E-state index contributed by atoms with van der Waals surface area (Å²) >= 11 is 7.16. The number of carbonyl (C=O) groups excluding carboxylic acids is 1. The van der Waals surface area contributed by atoms with Crippen LogP contribution in [0.15, 0.2) is 16.8 Å². The third-order valence-corrected chi connectivity index (χ3v) is 2.86. The second-order valence-corrected chi connectivity index (χ2v) is 4.21. The molecule has 0 aliphatic carbocycles. The van der Waals surface area contributed by atoms with Gasteiger partial charge in [-0.05, 0) is 35.2 Å². The van der Waals surface area contributed by atoms with Gasteiger partial charge in [-0.2, -0.15) is 11.3 Å². The standard InChI is InChI=1S/C10H14ClNOS/c11-5-2-1-3-10(13)12-7-9-4-6-14-8-9/h4,6,8H,1-3,5,7H2,(H,12,13). The van der Waals surface area contributed by atoms with E-state index in [2.05, 4.69) is 5.32 Å². The third kappa shape index (κ3) is 4.63. The van der Waals surface area contributed by atoms with E-state index < -0.39 is 0 Å². The van der Waals surface area contributed by atoms with Crippen molar-refractivity contribution in [3.05, 3.63) is 22.4 Å². The maximum Gasteiger partial charge on any atom is 0.220 e. The number of rotatable bonds is 6. The van der Waals surface area contributed by atoms with Gasteiger partial charge >= 0.3 is 0 Å². The van der Waals surface area contributed by atoms with Crippen molar-refractivity contribution in [2.75, 3.05) is 5.88 Å². The van der Waals surface area contributed by atoms with Crippen LogP contribution in [0.5, 0.6) is 0 Å². The number of hydrogen-bond donors (Lipinski definition) is 1. The first-order chi connectivity index (χ1) is 6.83. The molecule has 0 aliphatic heterocycles. The Bertz CT molecular complexity index is 261. The maximum absolute atomic E-state index is 11.3. The van der Waals surface area contributed by atoms with Crippen molar-refractivity contribution in [1.29, 1.82) is 0 Å². The van der Waals surface area contributed by atoms with Gasteiger partial charge in [-0.15, -0.1) is 11.6 Å². The first-order valence-corrected chi connectivity index (χ1v) is 6.14. The summed E-state index contributed by atoms with van der Waals surface area (Å²) in [7, 11) is 0. The van der Waals surface area contributed by atoms with E-state index >= 15 is 0 Å². The molecular weight excluding hydrogens is 218 g/mol. The van der Waals surface area contributed by atoms with Crippen LogP contribution in [0.25, 0.3) is 0 Å². The Morgan fingerprint density at radius 2 is 2.36 bits per heavy atom. The molecular formula is C10H14ClNOS. The van der Waals surface area contributed by atoms with Crippen molar-refractivity contribution in [2.24, 2.45) is 0 Å². The van der Waals surface area contributed by atoms with E-state index in [-0.39, 0.29) is 5.91 Å². The Labute approximate surface area is 93.3 Å². The van der Waals surface area contributed by atoms with Crippen LogP contribution in [-0.2, 0) is 11.3 Å². The lowest BCUT2D eigenvalue weighted by molar-refractivity contribution is -0.121. The molecule has 0 bridgehead atoms. The van der Waals surface area contributed by atoms with Gasteiger partial charge in [0.1, 0.15) is 0 Å². The molecule has 1 amide bonds. The lowest BCUT2D eigenvalue weighted by Gasteiger charge is -2.02. The summed E-state index contributed by atoms with van der Waals surface area (Å²) in [4.78, 5) is 11.3. The summed E-state index contributed by atoms with van der Waals surface area (Å²) in [5, 5.41) is 6.92. The van der Waals surface area contributed by atoms with Crippen molar-refractivity contribution in [2.45, 2.75) is 25.8 Å². The van der Waals surface area contributed by atoms with Crippen LogP contribution < -0.4 is 5.32 Å². The molecule has 0 radical (unpaired) electrons. The van der Waals surface area contributed by atoms with Gasteiger partial charge < -0.3 is 5.32 Å². The van der Waals surface area contributed by atoms with Crippen LogP contribution >= 0.6 is 22.9 Å². The minimum Gasteiger partial charge on any atom is -0.352 e. The maximum atomic E-state index is 11.3. The number of halogens is 1. The largest absolute Gasteiger partial charge is 0.352 e. The Hall–Kier alpha value is -0.540. The van der Waals surface area contributed by atoms with E-state index in [1.807, 2.05) is 16.8 Å². The Morgan fingerprint density at radius 3 is 3.00 bits per heavy atom. The van der Waals surface area contributed by atoms with Gasteiger partial charge in [0.05, 0.1) is 0 Å². The summed E-state index contributed by atoms with van der Waals surface area (Å²) in [6.07, 6.45) is 2.36. The second-order valence-electron chi connectivity index (χ2n) is 3.05. The highest BCUT2D eigenvalue weighted by molar-refractivity contribution is 7.07. The van der Waals surface area contributed by atoms with E-state index in [0.29, 0.717) is 18.8 Å². The quantitative estimate of drug-likeness (QED) is 0.592. The first-order valence-electron chi connectivity index (χ1n) is 4.66. The predicted octanol–water partition coefficient (Wildman–Crippen LogP) is 2.77. The number of amides is 1. The Morgan fingerprint density at radius 1 is 1.50 bits per heavy atom. The average Bonchev–Trinajstić information content (AvgIpc) is 2.68. The molecule has 0 atom stereocenters. The number of carbonyl (C=O) groups is 1. The van der Waals surface area contributed by atoms with E-state index in [1.54, 1.807) is 11.3 Å². The molecule has 4 heteroatoms. The summed E-state index contributed by atoms with van der Waals surface area (Å²) in [5.41, 5.74) is 1.17. The normalized spacial score (nSPS) is 10.1. The SMILES string of the molecule is O=C(CCCCCl)NCc1ccsc1. The molecule has 1 N–H and O–H groups in total. The fourth-order valence-electron chi connectivity index (χ4n) is 1.06. The summed E-state index contributed by atoms with van der Waals surface area (Å²) in [6.45, 7) is 0.642. The number of alkyl halides is 1. The molecule has 78 valence electrons. The topological polar surface area (TPSA) is 29.1 Å². The lowest BCUT2D eigenvalue weighted by Crippen LogP contribution is -2.21. The molecule has 0 saturated carbocycles. The van der Waals surface area contributed by atoms with Gasteiger partial charge in [0.15, 0.2) is 0 Å². The van der Waals surface area contributed by atoms with E-state index in [1.165, 1.54) is 5.56 Å². The highest BCUT2D eigenvalue weighted by atomic mass is 35.5.